The molecule has 0 N–H and O–H groups in total. The molecular formula is C22H16N6. The molecule has 0 spiro atoms. The zero-order valence-corrected chi connectivity index (χ0v) is 15.5. The standard InChI is InChI=1S/C22H16N6/c1-16-3-7-18(8-4-16)11-28-22(14-25,15-26)21(12-23,13-24)20(27-28)19-9-5-17(2)6-10-19/h3-11,20H,1-2H3/b28-11-. The van der Waals surface area contributed by atoms with E-state index >= 15 is 0 Å². The van der Waals surface area contributed by atoms with Gasteiger partial charge >= 0.3 is 5.54 Å². The summed E-state index contributed by atoms with van der Waals surface area (Å²) in [5.41, 5.74) is 3.81. The van der Waals surface area contributed by atoms with Crippen LogP contribution in [0.3, 0.4) is 0 Å². The van der Waals surface area contributed by atoms with Crippen molar-refractivity contribution in [1.29, 1.82) is 21.0 Å². The molecule has 1 unspecified atom stereocenters. The number of hydrogen-bond acceptors (Lipinski definition) is 4. The molecule has 1 atom stereocenters. The summed E-state index contributed by atoms with van der Waals surface area (Å²) in [5.74, 6) is 0. The van der Waals surface area contributed by atoms with Gasteiger partial charge < -0.3 is 5.43 Å². The van der Waals surface area contributed by atoms with Crippen LogP contribution in [0.2, 0.25) is 0 Å². The largest absolute Gasteiger partial charge is 0.427 e. The van der Waals surface area contributed by atoms with Gasteiger partial charge in [-0.15, -0.1) is 0 Å². The quantitative estimate of drug-likeness (QED) is 0.758. The van der Waals surface area contributed by atoms with Crippen LogP contribution in [0.4, 0.5) is 0 Å². The molecule has 0 saturated carbocycles. The first kappa shape index (κ1) is 18.7. The van der Waals surface area contributed by atoms with Gasteiger partial charge in [-0.05, 0) is 32.0 Å². The number of hydrogen-bond donors (Lipinski definition) is 0. The molecule has 0 radical (unpaired) electrons. The van der Waals surface area contributed by atoms with Gasteiger partial charge in [-0.1, -0.05) is 53.1 Å². The third-order valence-corrected chi connectivity index (χ3v) is 4.98. The fraction of sp³-hybridized carbons (Fsp3) is 0.227. The van der Waals surface area contributed by atoms with Crippen LogP contribution in [0.15, 0.2) is 48.5 Å². The third kappa shape index (κ3) is 2.57. The van der Waals surface area contributed by atoms with Crippen LogP contribution in [0, 0.1) is 64.6 Å². The zero-order valence-electron chi connectivity index (χ0n) is 15.5. The minimum absolute atomic E-state index is 0.600. The number of aryl methyl sites for hydroxylation is 2. The molecule has 6 nitrogen and oxygen atoms in total. The van der Waals surface area contributed by atoms with Crippen LogP contribution in [-0.2, 0) is 0 Å². The molecule has 2 aromatic carbocycles. The maximum Gasteiger partial charge on any atom is 0.360 e. The van der Waals surface area contributed by atoms with Crippen LogP contribution in [0.1, 0.15) is 28.3 Å². The monoisotopic (exact) mass is 364 g/mol. The summed E-state index contributed by atoms with van der Waals surface area (Å²) >= 11 is 0. The van der Waals surface area contributed by atoms with E-state index in [2.05, 4.69) is 5.43 Å². The lowest BCUT2D eigenvalue weighted by molar-refractivity contribution is -0.517. The van der Waals surface area contributed by atoms with Gasteiger partial charge in [0.2, 0.25) is 5.41 Å². The first-order valence-electron chi connectivity index (χ1n) is 8.59. The highest BCUT2D eigenvalue weighted by Crippen LogP contribution is 2.55. The Bertz CT molecular complexity index is 1070. The second-order valence-corrected chi connectivity index (χ2v) is 6.78. The van der Waals surface area contributed by atoms with Crippen molar-refractivity contribution in [2.75, 3.05) is 0 Å². The Morgan fingerprint density at radius 1 is 0.821 bits per heavy atom. The van der Waals surface area contributed by atoms with E-state index in [0.29, 0.717) is 11.1 Å². The second-order valence-electron chi connectivity index (χ2n) is 6.78. The van der Waals surface area contributed by atoms with Gasteiger partial charge in [-0.2, -0.15) is 21.0 Å². The van der Waals surface area contributed by atoms with Crippen LogP contribution in [0.5, 0.6) is 0 Å². The van der Waals surface area contributed by atoms with Crippen LogP contribution >= 0.6 is 0 Å². The number of rotatable bonds is 2. The first-order chi connectivity index (χ1) is 13.5. The van der Waals surface area contributed by atoms with Crippen molar-refractivity contribution in [2.45, 2.75) is 25.4 Å². The van der Waals surface area contributed by atoms with Gasteiger partial charge in [0.25, 0.3) is 0 Å². The molecule has 6 heteroatoms. The summed E-state index contributed by atoms with van der Waals surface area (Å²) in [5, 5.41) is 39.7. The highest BCUT2D eigenvalue weighted by Gasteiger charge is 2.69. The third-order valence-electron chi connectivity index (χ3n) is 4.98. The molecule has 1 fully saturated rings. The van der Waals surface area contributed by atoms with E-state index in [0.717, 1.165) is 11.1 Å². The highest BCUT2D eigenvalue weighted by molar-refractivity contribution is 5.76. The Hall–Kier alpha value is -4.13. The summed E-state index contributed by atoms with van der Waals surface area (Å²) in [4.78, 5) is 0. The molecule has 0 aliphatic carbocycles. The highest BCUT2D eigenvalue weighted by atomic mass is 15.5. The summed E-state index contributed by atoms with van der Waals surface area (Å²) in [6.45, 7) is 3.87. The summed E-state index contributed by atoms with van der Waals surface area (Å²) < 4.78 is 1.18. The Morgan fingerprint density at radius 3 is 1.79 bits per heavy atom. The van der Waals surface area contributed by atoms with Crippen molar-refractivity contribution in [3.05, 3.63) is 76.2 Å². The van der Waals surface area contributed by atoms with E-state index in [1.165, 1.54) is 10.9 Å². The predicted molar refractivity (Wildman–Crippen MR) is 102 cm³/mol. The first-order valence-corrected chi connectivity index (χ1v) is 8.59. The van der Waals surface area contributed by atoms with Crippen molar-refractivity contribution in [2.24, 2.45) is 5.41 Å². The Labute approximate surface area is 163 Å². The van der Waals surface area contributed by atoms with Crippen molar-refractivity contribution in [3.63, 3.8) is 0 Å². The minimum atomic E-state index is -2.07. The van der Waals surface area contributed by atoms with E-state index in [1.54, 1.807) is 12.1 Å². The molecule has 0 amide bonds. The molecule has 1 heterocycles. The van der Waals surface area contributed by atoms with Crippen molar-refractivity contribution in [3.8, 4) is 24.3 Å². The Morgan fingerprint density at radius 2 is 1.32 bits per heavy atom. The van der Waals surface area contributed by atoms with Gasteiger partial charge in [0.05, 0.1) is 12.1 Å². The smallest absolute Gasteiger partial charge is 0.360 e. The normalized spacial score (nSPS) is 20.2. The SMILES string of the molecule is Cc1ccc(/C=[N+]2\[N-]C(c3ccc(C)cc3)C(C#N)(C#N)C2(C#N)C#N)cc1. The fourth-order valence-corrected chi connectivity index (χ4v) is 3.28. The molecule has 1 aliphatic heterocycles. The minimum Gasteiger partial charge on any atom is -0.427 e. The van der Waals surface area contributed by atoms with E-state index in [1.807, 2.05) is 74.5 Å². The van der Waals surface area contributed by atoms with Gasteiger partial charge in [0.1, 0.15) is 0 Å². The zero-order chi connectivity index (χ0) is 20.4. The molecule has 0 bridgehead atoms. The van der Waals surface area contributed by atoms with E-state index in [4.69, 9.17) is 0 Å². The molecular weight excluding hydrogens is 348 g/mol. The Balaban J connectivity index is 2.25. The van der Waals surface area contributed by atoms with Gasteiger partial charge in [-0.25, -0.2) is 4.68 Å². The molecule has 0 aromatic heterocycles. The molecule has 1 aliphatic rings. The number of nitriles is 4. The number of benzene rings is 2. The van der Waals surface area contributed by atoms with Crippen LogP contribution in [-0.4, -0.2) is 16.4 Å². The summed E-state index contributed by atoms with van der Waals surface area (Å²) in [6.07, 6.45) is 1.53. The van der Waals surface area contributed by atoms with E-state index in [-0.39, 0.29) is 0 Å². The van der Waals surface area contributed by atoms with Gasteiger partial charge in [0, 0.05) is 5.56 Å². The maximum atomic E-state index is 9.95. The molecule has 2 aromatic rings. The van der Waals surface area contributed by atoms with E-state index < -0.39 is 17.0 Å². The Kier molecular flexibility index (Phi) is 4.58. The number of nitrogens with zero attached hydrogens (tertiary/aromatic N) is 6. The topological polar surface area (TPSA) is 112 Å². The fourth-order valence-electron chi connectivity index (χ4n) is 3.28. The van der Waals surface area contributed by atoms with Gasteiger partial charge in [-0.3, -0.25) is 0 Å². The molecule has 3 rings (SSSR count). The van der Waals surface area contributed by atoms with Crippen LogP contribution < -0.4 is 0 Å². The lowest BCUT2D eigenvalue weighted by Gasteiger charge is -2.26. The lowest BCUT2D eigenvalue weighted by atomic mass is 9.68. The lowest BCUT2D eigenvalue weighted by Crippen LogP contribution is -2.48. The summed E-state index contributed by atoms with van der Waals surface area (Å²) in [6, 6.07) is 21.4. The van der Waals surface area contributed by atoms with Crippen LogP contribution in [0.25, 0.3) is 5.43 Å². The second kappa shape index (κ2) is 6.88. The van der Waals surface area contributed by atoms with Crippen molar-refractivity contribution < 1.29 is 4.68 Å². The van der Waals surface area contributed by atoms with E-state index in [9.17, 15) is 21.0 Å². The summed E-state index contributed by atoms with van der Waals surface area (Å²) in [7, 11) is 0. The predicted octanol–water partition coefficient (Wildman–Crippen LogP) is 3.60. The molecule has 28 heavy (non-hydrogen) atoms. The molecule has 1 saturated heterocycles. The van der Waals surface area contributed by atoms with Crippen molar-refractivity contribution in [1.82, 2.24) is 0 Å². The molecule has 134 valence electrons. The van der Waals surface area contributed by atoms with Gasteiger partial charge in [0.15, 0.2) is 18.4 Å². The average molecular weight is 364 g/mol. The average Bonchev–Trinajstić information content (AvgIpc) is 3.00. The van der Waals surface area contributed by atoms with Crippen molar-refractivity contribution >= 4 is 6.21 Å². The maximum absolute atomic E-state index is 9.95.